The van der Waals surface area contributed by atoms with Crippen LogP contribution in [0.4, 0.5) is 0 Å². The van der Waals surface area contributed by atoms with Gasteiger partial charge in [-0.3, -0.25) is 9.59 Å². The minimum Gasteiger partial charge on any atom is -0.470 e. The zero-order valence-corrected chi connectivity index (χ0v) is 12.9. The van der Waals surface area contributed by atoms with Gasteiger partial charge in [-0.25, -0.2) is 14.6 Å². The molecule has 0 aromatic carbocycles. The number of amides is 1. The maximum atomic E-state index is 12.4. The molecule has 1 fully saturated rings. The summed E-state index contributed by atoms with van der Waals surface area (Å²) in [5, 5.41) is 13.0. The molecule has 0 bridgehead atoms. The molecule has 0 aliphatic carbocycles. The quantitative estimate of drug-likeness (QED) is 0.763. The first-order chi connectivity index (χ1) is 11.6. The van der Waals surface area contributed by atoms with Gasteiger partial charge >= 0.3 is 0 Å². The van der Waals surface area contributed by atoms with E-state index >= 15 is 0 Å². The van der Waals surface area contributed by atoms with E-state index in [0.717, 1.165) is 4.68 Å². The normalized spacial score (nSPS) is 16.7. The number of aromatic nitrogens is 4. The lowest BCUT2D eigenvalue weighted by Crippen LogP contribution is -2.33. The van der Waals surface area contributed by atoms with Gasteiger partial charge in [0.2, 0.25) is 5.69 Å². The summed E-state index contributed by atoms with van der Waals surface area (Å²) in [4.78, 5) is 33.3. The van der Waals surface area contributed by atoms with Crippen LogP contribution in [0.15, 0.2) is 29.3 Å². The summed E-state index contributed by atoms with van der Waals surface area (Å²) in [6.45, 7) is 0.848. The van der Waals surface area contributed by atoms with E-state index in [0.29, 0.717) is 19.5 Å². The van der Waals surface area contributed by atoms with Crippen LogP contribution in [0.3, 0.4) is 0 Å². The molecule has 0 radical (unpaired) electrons. The number of hydrogen-bond acceptors (Lipinski definition) is 7. The van der Waals surface area contributed by atoms with Crippen LogP contribution in [0.1, 0.15) is 22.6 Å². The van der Waals surface area contributed by atoms with Crippen molar-refractivity contribution in [2.24, 2.45) is 7.05 Å². The highest BCUT2D eigenvalue weighted by Gasteiger charge is 2.30. The van der Waals surface area contributed by atoms with Gasteiger partial charge in [0.05, 0.1) is 6.54 Å². The molecular formula is C15H14N6O3. The Morgan fingerprint density at radius 2 is 2.17 bits per heavy atom. The average Bonchev–Trinajstić information content (AvgIpc) is 3.05. The van der Waals surface area contributed by atoms with Gasteiger partial charge in [-0.2, -0.15) is 10.4 Å². The molecule has 2 aromatic heterocycles. The average molecular weight is 326 g/mol. The summed E-state index contributed by atoms with van der Waals surface area (Å²) in [5.74, 6) is -0.101. The molecule has 9 heteroatoms. The Morgan fingerprint density at radius 1 is 1.38 bits per heavy atom. The Bertz CT molecular complexity index is 872. The fourth-order valence-corrected chi connectivity index (χ4v) is 2.43. The number of likely N-dealkylation sites (tertiary alicyclic amines) is 1. The summed E-state index contributed by atoms with van der Waals surface area (Å²) >= 11 is 0. The molecular weight excluding hydrogens is 312 g/mol. The zero-order chi connectivity index (χ0) is 17.1. The SMILES string of the molecule is Cn1nc(C(=O)N2CC[C@H](Oc3nccnc3C#N)C2)ccc1=O. The second-order valence-electron chi connectivity index (χ2n) is 5.28. The van der Waals surface area contributed by atoms with Crippen molar-refractivity contribution in [1.29, 1.82) is 5.26 Å². The number of carbonyl (C=O) groups is 1. The number of aryl methyl sites for hydroxylation is 1. The van der Waals surface area contributed by atoms with Gasteiger partial charge in [-0.05, 0) is 6.07 Å². The number of nitriles is 1. The first-order valence-corrected chi connectivity index (χ1v) is 7.30. The lowest BCUT2D eigenvalue weighted by molar-refractivity contribution is 0.0762. The zero-order valence-electron chi connectivity index (χ0n) is 12.9. The topological polar surface area (TPSA) is 114 Å². The van der Waals surface area contributed by atoms with E-state index in [2.05, 4.69) is 15.1 Å². The molecule has 2 aromatic rings. The molecule has 1 amide bonds. The van der Waals surface area contributed by atoms with Crippen LogP contribution < -0.4 is 10.3 Å². The van der Waals surface area contributed by atoms with Crippen LogP contribution in [0.5, 0.6) is 5.88 Å². The van der Waals surface area contributed by atoms with Crippen LogP contribution in [-0.2, 0) is 7.05 Å². The summed E-state index contributed by atoms with van der Waals surface area (Å²) in [7, 11) is 1.49. The lowest BCUT2D eigenvalue weighted by atomic mass is 10.3. The van der Waals surface area contributed by atoms with Crippen LogP contribution in [0.2, 0.25) is 0 Å². The Morgan fingerprint density at radius 3 is 2.92 bits per heavy atom. The highest BCUT2D eigenvalue weighted by Crippen LogP contribution is 2.19. The lowest BCUT2D eigenvalue weighted by Gasteiger charge is -2.16. The van der Waals surface area contributed by atoms with E-state index in [9.17, 15) is 9.59 Å². The van der Waals surface area contributed by atoms with Gasteiger partial charge < -0.3 is 9.64 Å². The molecule has 0 spiro atoms. The van der Waals surface area contributed by atoms with Gasteiger partial charge in [0.15, 0.2) is 0 Å². The number of rotatable bonds is 3. The molecule has 122 valence electrons. The molecule has 0 saturated carbocycles. The maximum absolute atomic E-state index is 12.4. The van der Waals surface area contributed by atoms with Crippen molar-refractivity contribution < 1.29 is 9.53 Å². The number of ether oxygens (including phenoxy) is 1. The van der Waals surface area contributed by atoms with Crippen molar-refractivity contribution in [2.75, 3.05) is 13.1 Å². The molecule has 3 rings (SSSR count). The minimum absolute atomic E-state index is 0.113. The van der Waals surface area contributed by atoms with Crippen molar-refractivity contribution in [1.82, 2.24) is 24.6 Å². The molecule has 1 atom stereocenters. The van der Waals surface area contributed by atoms with Crippen molar-refractivity contribution in [3.8, 4) is 11.9 Å². The van der Waals surface area contributed by atoms with Crippen LogP contribution in [0.25, 0.3) is 0 Å². The Kier molecular flexibility index (Phi) is 4.20. The summed E-state index contributed by atoms with van der Waals surface area (Å²) in [6, 6.07) is 4.64. The van der Waals surface area contributed by atoms with E-state index in [-0.39, 0.29) is 34.8 Å². The summed E-state index contributed by atoms with van der Waals surface area (Å²) in [6.07, 6.45) is 3.20. The smallest absolute Gasteiger partial charge is 0.274 e. The fourth-order valence-electron chi connectivity index (χ4n) is 2.43. The van der Waals surface area contributed by atoms with E-state index in [1.807, 2.05) is 6.07 Å². The second kappa shape index (κ2) is 6.45. The molecule has 3 heterocycles. The minimum atomic E-state index is -0.277. The van der Waals surface area contributed by atoms with E-state index in [1.165, 1.54) is 31.6 Å². The first-order valence-electron chi connectivity index (χ1n) is 7.30. The van der Waals surface area contributed by atoms with E-state index in [1.54, 1.807) is 4.90 Å². The molecule has 1 saturated heterocycles. The number of carbonyl (C=O) groups excluding carboxylic acids is 1. The molecule has 0 unspecified atom stereocenters. The molecule has 1 aliphatic heterocycles. The molecule has 24 heavy (non-hydrogen) atoms. The standard InChI is InChI=1S/C15H14N6O3/c1-20-13(22)3-2-11(19-20)15(23)21-7-4-10(9-21)24-14-12(8-16)17-5-6-18-14/h2-3,5-6,10H,4,7,9H2,1H3/t10-/m0/s1. The predicted octanol–water partition coefficient (Wildman–Crippen LogP) is -0.265. The highest BCUT2D eigenvalue weighted by molar-refractivity contribution is 5.92. The number of hydrogen-bond donors (Lipinski definition) is 0. The van der Waals surface area contributed by atoms with Gasteiger partial charge in [-0.1, -0.05) is 0 Å². The molecule has 9 nitrogen and oxygen atoms in total. The third-order valence-electron chi connectivity index (χ3n) is 3.66. The Balaban J connectivity index is 1.69. The van der Waals surface area contributed by atoms with Crippen molar-refractivity contribution in [3.05, 3.63) is 46.3 Å². The van der Waals surface area contributed by atoms with E-state index < -0.39 is 0 Å². The van der Waals surface area contributed by atoms with Crippen LogP contribution in [0, 0.1) is 11.3 Å². The van der Waals surface area contributed by atoms with Crippen LogP contribution in [-0.4, -0.2) is 49.7 Å². The fraction of sp³-hybridized carbons (Fsp3) is 0.333. The predicted molar refractivity (Wildman–Crippen MR) is 81.2 cm³/mol. The van der Waals surface area contributed by atoms with Gasteiger partial charge in [0.1, 0.15) is 17.9 Å². The second-order valence-corrected chi connectivity index (χ2v) is 5.28. The Hall–Kier alpha value is -3.28. The van der Waals surface area contributed by atoms with Crippen molar-refractivity contribution in [3.63, 3.8) is 0 Å². The van der Waals surface area contributed by atoms with Crippen molar-refractivity contribution in [2.45, 2.75) is 12.5 Å². The summed E-state index contributed by atoms with van der Waals surface area (Å²) < 4.78 is 6.81. The van der Waals surface area contributed by atoms with Gasteiger partial charge in [0.25, 0.3) is 17.3 Å². The third-order valence-corrected chi connectivity index (χ3v) is 3.66. The van der Waals surface area contributed by atoms with Crippen molar-refractivity contribution >= 4 is 5.91 Å². The monoisotopic (exact) mass is 326 g/mol. The van der Waals surface area contributed by atoms with Gasteiger partial charge in [0, 0.05) is 38.5 Å². The number of nitrogens with zero attached hydrogens (tertiary/aromatic N) is 6. The molecule has 1 aliphatic rings. The highest BCUT2D eigenvalue weighted by atomic mass is 16.5. The largest absolute Gasteiger partial charge is 0.470 e. The van der Waals surface area contributed by atoms with E-state index in [4.69, 9.17) is 10.00 Å². The Labute approximate surface area is 137 Å². The first kappa shape index (κ1) is 15.6. The molecule has 0 N–H and O–H groups in total. The maximum Gasteiger partial charge on any atom is 0.274 e. The summed E-state index contributed by atoms with van der Waals surface area (Å²) in [5.41, 5.74) is 0.0397. The third kappa shape index (κ3) is 3.08. The van der Waals surface area contributed by atoms with Gasteiger partial charge in [-0.15, -0.1) is 0 Å². The van der Waals surface area contributed by atoms with Crippen LogP contribution >= 0.6 is 0 Å².